The first-order chi connectivity index (χ1) is 15.7. The van der Waals surface area contributed by atoms with Crippen molar-refractivity contribution in [3.05, 3.63) is 89.5 Å². The van der Waals surface area contributed by atoms with E-state index >= 15 is 0 Å². The second kappa shape index (κ2) is 10.8. The fourth-order valence-electron chi connectivity index (χ4n) is 4.12. The van der Waals surface area contributed by atoms with Crippen molar-refractivity contribution < 1.29 is 14.3 Å². The van der Waals surface area contributed by atoms with E-state index in [2.05, 4.69) is 34.9 Å². The Morgan fingerprint density at radius 1 is 0.969 bits per heavy atom. The number of rotatable bonds is 9. The smallest absolute Gasteiger partial charge is 0.262 e. The summed E-state index contributed by atoms with van der Waals surface area (Å²) in [6.07, 6.45) is 3.51. The van der Waals surface area contributed by atoms with Crippen LogP contribution < -0.4 is 20.1 Å². The van der Waals surface area contributed by atoms with Crippen LogP contribution >= 0.6 is 0 Å². The molecule has 0 saturated carbocycles. The monoisotopic (exact) mass is 430 g/mol. The largest absolute Gasteiger partial charge is 0.490 e. The molecule has 3 aromatic rings. The molecule has 32 heavy (non-hydrogen) atoms. The van der Waals surface area contributed by atoms with Crippen LogP contribution in [-0.2, 0) is 17.8 Å². The average Bonchev–Trinajstić information content (AvgIpc) is 2.83. The number of hydrogen-bond donors (Lipinski definition) is 2. The van der Waals surface area contributed by atoms with E-state index in [1.165, 1.54) is 17.5 Å². The molecule has 0 saturated heterocycles. The van der Waals surface area contributed by atoms with Gasteiger partial charge in [0, 0.05) is 18.3 Å². The zero-order chi connectivity index (χ0) is 22.2. The first kappa shape index (κ1) is 21.9. The SMILES string of the molecule is CCOc1cc(CNC2CCCc3ccccc32)ccc1OCC(=O)Nc1ccccc1. The van der Waals surface area contributed by atoms with Crippen LogP contribution in [0.1, 0.15) is 42.5 Å². The molecule has 0 heterocycles. The van der Waals surface area contributed by atoms with Crippen LogP contribution in [0.5, 0.6) is 11.5 Å². The molecular formula is C27H30N2O3. The molecule has 1 aliphatic carbocycles. The van der Waals surface area contributed by atoms with Gasteiger partial charge >= 0.3 is 0 Å². The molecule has 0 radical (unpaired) electrons. The lowest BCUT2D eigenvalue weighted by Gasteiger charge is -2.26. The second-order valence-corrected chi connectivity index (χ2v) is 7.94. The molecule has 4 rings (SSSR count). The van der Waals surface area contributed by atoms with Crippen LogP contribution in [0, 0.1) is 0 Å². The summed E-state index contributed by atoms with van der Waals surface area (Å²) in [7, 11) is 0. The van der Waals surface area contributed by atoms with E-state index in [0.29, 0.717) is 24.1 Å². The molecule has 1 atom stereocenters. The van der Waals surface area contributed by atoms with Gasteiger partial charge in [0.15, 0.2) is 18.1 Å². The quantitative estimate of drug-likeness (QED) is 0.486. The Labute approximate surface area is 189 Å². The Hall–Kier alpha value is -3.31. The lowest BCUT2D eigenvalue weighted by Crippen LogP contribution is -2.24. The van der Waals surface area contributed by atoms with Gasteiger partial charge in [-0.05, 0) is 67.1 Å². The molecule has 3 aromatic carbocycles. The standard InChI is InChI=1S/C27H30N2O3/c1-2-31-26-17-20(18-28-24-14-8-10-21-9-6-7-13-23(21)24)15-16-25(26)32-19-27(30)29-22-11-4-3-5-12-22/h3-7,9,11-13,15-17,24,28H,2,8,10,14,18-19H2,1H3,(H,29,30). The highest BCUT2D eigenvalue weighted by atomic mass is 16.5. The van der Waals surface area contributed by atoms with Crippen molar-refractivity contribution in [3.63, 3.8) is 0 Å². The summed E-state index contributed by atoms with van der Waals surface area (Å²) in [5.41, 5.74) is 4.73. The fourth-order valence-corrected chi connectivity index (χ4v) is 4.12. The first-order valence-corrected chi connectivity index (χ1v) is 11.3. The van der Waals surface area contributed by atoms with Crippen molar-refractivity contribution in [2.45, 2.75) is 38.8 Å². The Kier molecular flexibility index (Phi) is 7.41. The van der Waals surface area contributed by atoms with Crippen LogP contribution in [0.4, 0.5) is 5.69 Å². The predicted molar refractivity (Wildman–Crippen MR) is 127 cm³/mol. The highest BCUT2D eigenvalue weighted by molar-refractivity contribution is 5.91. The third-order valence-electron chi connectivity index (χ3n) is 5.65. The molecule has 2 N–H and O–H groups in total. The minimum Gasteiger partial charge on any atom is -0.490 e. The summed E-state index contributed by atoms with van der Waals surface area (Å²) in [6.45, 7) is 3.13. The summed E-state index contributed by atoms with van der Waals surface area (Å²) in [4.78, 5) is 12.2. The molecule has 166 valence electrons. The number of benzene rings is 3. The normalized spacial score (nSPS) is 15.0. The molecular weight excluding hydrogens is 400 g/mol. The fraction of sp³-hybridized carbons (Fsp3) is 0.296. The topological polar surface area (TPSA) is 59.6 Å². The maximum Gasteiger partial charge on any atom is 0.262 e. The zero-order valence-corrected chi connectivity index (χ0v) is 18.5. The van der Waals surface area contributed by atoms with Gasteiger partial charge in [0.2, 0.25) is 0 Å². The van der Waals surface area contributed by atoms with Gasteiger partial charge in [-0.25, -0.2) is 0 Å². The molecule has 5 nitrogen and oxygen atoms in total. The van der Waals surface area contributed by atoms with E-state index in [0.717, 1.165) is 30.6 Å². The summed E-state index contributed by atoms with van der Waals surface area (Å²) in [5.74, 6) is 1.02. The van der Waals surface area contributed by atoms with E-state index in [9.17, 15) is 4.79 Å². The van der Waals surface area contributed by atoms with Crippen molar-refractivity contribution in [1.29, 1.82) is 0 Å². The number of anilines is 1. The first-order valence-electron chi connectivity index (χ1n) is 11.3. The number of para-hydroxylation sites is 1. The molecule has 0 aliphatic heterocycles. The molecule has 1 unspecified atom stereocenters. The summed E-state index contributed by atoms with van der Waals surface area (Å²) in [5, 5.41) is 6.52. The maximum atomic E-state index is 12.2. The number of ether oxygens (including phenoxy) is 2. The van der Waals surface area contributed by atoms with Crippen LogP contribution in [0.3, 0.4) is 0 Å². The van der Waals surface area contributed by atoms with Crippen molar-refractivity contribution in [3.8, 4) is 11.5 Å². The average molecular weight is 431 g/mol. The van der Waals surface area contributed by atoms with Crippen molar-refractivity contribution >= 4 is 11.6 Å². The highest BCUT2D eigenvalue weighted by Gasteiger charge is 2.19. The number of fused-ring (bicyclic) bond motifs is 1. The van der Waals surface area contributed by atoms with Gasteiger partial charge in [-0.2, -0.15) is 0 Å². The van der Waals surface area contributed by atoms with Crippen molar-refractivity contribution in [1.82, 2.24) is 5.32 Å². The number of nitrogens with one attached hydrogen (secondary N) is 2. The summed E-state index contributed by atoms with van der Waals surface area (Å²) in [6, 6.07) is 24.3. The van der Waals surface area contributed by atoms with Gasteiger partial charge < -0.3 is 20.1 Å². The van der Waals surface area contributed by atoms with Gasteiger partial charge in [0.05, 0.1) is 6.61 Å². The number of carbonyl (C=O) groups is 1. The Morgan fingerprint density at radius 3 is 2.62 bits per heavy atom. The third-order valence-corrected chi connectivity index (χ3v) is 5.65. The molecule has 1 amide bonds. The number of aryl methyl sites for hydroxylation is 1. The van der Waals surface area contributed by atoms with E-state index in [1.54, 1.807) is 0 Å². The summed E-state index contributed by atoms with van der Waals surface area (Å²) < 4.78 is 11.6. The molecule has 0 fully saturated rings. The number of carbonyl (C=O) groups excluding carboxylic acids is 1. The lowest BCUT2D eigenvalue weighted by atomic mass is 9.87. The van der Waals surface area contributed by atoms with E-state index in [-0.39, 0.29) is 12.5 Å². The maximum absolute atomic E-state index is 12.2. The minimum atomic E-state index is -0.208. The Bertz CT molecular complexity index is 1040. The molecule has 0 aromatic heterocycles. The second-order valence-electron chi connectivity index (χ2n) is 7.94. The Balaban J connectivity index is 1.37. The van der Waals surface area contributed by atoms with Gasteiger partial charge in [-0.1, -0.05) is 48.5 Å². The predicted octanol–water partition coefficient (Wildman–Crippen LogP) is 5.27. The van der Waals surface area contributed by atoms with Gasteiger partial charge in [-0.15, -0.1) is 0 Å². The van der Waals surface area contributed by atoms with Gasteiger partial charge in [0.1, 0.15) is 0 Å². The lowest BCUT2D eigenvalue weighted by molar-refractivity contribution is -0.118. The number of amides is 1. The van der Waals surface area contributed by atoms with Crippen molar-refractivity contribution in [2.75, 3.05) is 18.5 Å². The van der Waals surface area contributed by atoms with Crippen LogP contribution in [0.15, 0.2) is 72.8 Å². The molecule has 5 heteroatoms. The molecule has 0 spiro atoms. The van der Waals surface area contributed by atoms with Gasteiger partial charge in [0.25, 0.3) is 5.91 Å². The number of hydrogen-bond acceptors (Lipinski definition) is 4. The molecule has 0 bridgehead atoms. The van der Waals surface area contributed by atoms with E-state index in [4.69, 9.17) is 9.47 Å². The third kappa shape index (κ3) is 5.68. The summed E-state index contributed by atoms with van der Waals surface area (Å²) >= 11 is 0. The Morgan fingerprint density at radius 2 is 1.78 bits per heavy atom. The van der Waals surface area contributed by atoms with E-state index < -0.39 is 0 Å². The van der Waals surface area contributed by atoms with Crippen LogP contribution in [-0.4, -0.2) is 19.1 Å². The van der Waals surface area contributed by atoms with Crippen molar-refractivity contribution in [2.24, 2.45) is 0 Å². The van der Waals surface area contributed by atoms with Crippen LogP contribution in [0.25, 0.3) is 0 Å². The zero-order valence-electron chi connectivity index (χ0n) is 18.5. The minimum absolute atomic E-state index is 0.0780. The molecule has 1 aliphatic rings. The van der Waals surface area contributed by atoms with Crippen LogP contribution in [0.2, 0.25) is 0 Å². The van der Waals surface area contributed by atoms with E-state index in [1.807, 2.05) is 55.5 Å². The van der Waals surface area contributed by atoms with Gasteiger partial charge in [-0.3, -0.25) is 4.79 Å². The highest BCUT2D eigenvalue weighted by Crippen LogP contribution is 2.31.